The minimum absolute atomic E-state index is 0.163. The molecule has 6 heteroatoms. The maximum Gasteiger partial charge on any atom is 0.142 e. The molecule has 0 aromatic carbocycles. The lowest BCUT2D eigenvalue weighted by Crippen LogP contribution is -2.59. The molecule has 3 atom stereocenters. The zero-order chi connectivity index (χ0) is 12.1. The summed E-state index contributed by atoms with van der Waals surface area (Å²) in [5, 5.41) is 55.5. The first-order valence-corrected chi connectivity index (χ1v) is 4.89. The third-order valence-electron chi connectivity index (χ3n) is 2.54. The monoisotopic (exact) mass is 224 g/mol. The molecule has 3 unspecified atom stereocenters. The fraction of sp³-hybridized carbons (Fsp3) is 1.00. The summed E-state index contributed by atoms with van der Waals surface area (Å²) in [4.78, 5) is 0. The van der Waals surface area contributed by atoms with Crippen molar-refractivity contribution in [3.8, 4) is 0 Å². The fourth-order valence-corrected chi connectivity index (χ4v) is 1.49. The van der Waals surface area contributed by atoms with Crippen LogP contribution in [0.1, 0.15) is 19.8 Å². The zero-order valence-corrected chi connectivity index (χ0v) is 8.74. The second kappa shape index (κ2) is 6.37. The molecular formula is C9H20O6. The molecule has 0 radical (unpaired) electrons. The van der Waals surface area contributed by atoms with Gasteiger partial charge in [0.05, 0.1) is 18.3 Å². The summed E-state index contributed by atoms with van der Waals surface area (Å²) in [5.41, 5.74) is -2.13. The molecule has 15 heavy (non-hydrogen) atoms. The van der Waals surface area contributed by atoms with E-state index in [1.54, 1.807) is 0 Å². The molecule has 0 fully saturated rings. The highest BCUT2D eigenvalue weighted by atomic mass is 16.4. The third-order valence-corrected chi connectivity index (χ3v) is 2.54. The van der Waals surface area contributed by atoms with Crippen molar-refractivity contribution in [2.45, 2.75) is 43.7 Å². The average Bonchev–Trinajstić information content (AvgIpc) is 2.16. The number of aliphatic hydroxyl groups excluding tert-OH is 5. The van der Waals surface area contributed by atoms with Gasteiger partial charge in [0.15, 0.2) is 0 Å². The Kier molecular flexibility index (Phi) is 6.26. The molecule has 0 bridgehead atoms. The molecule has 0 spiro atoms. The zero-order valence-electron chi connectivity index (χ0n) is 8.74. The van der Waals surface area contributed by atoms with Crippen LogP contribution in [-0.2, 0) is 0 Å². The Labute approximate surface area is 88.4 Å². The van der Waals surface area contributed by atoms with E-state index in [0.29, 0.717) is 0 Å². The minimum Gasteiger partial charge on any atom is -0.396 e. The maximum absolute atomic E-state index is 9.92. The summed E-state index contributed by atoms with van der Waals surface area (Å²) in [6, 6.07) is 0. The molecule has 0 amide bonds. The second-order valence-corrected chi connectivity index (χ2v) is 3.62. The fourth-order valence-electron chi connectivity index (χ4n) is 1.49. The Balaban J connectivity index is 4.71. The summed E-state index contributed by atoms with van der Waals surface area (Å²) in [6.45, 7) is 0.477. The van der Waals surface area contributed by atoms with Gasteiger partial charge in [-0.15, -0.1) is 0 Å². The molecule has 0 heterocycles. The first-order valence-electron chi connectivity index (χ1n) is 4.89. The van der Waals surface area contributed by atoms with Gasteiger partial charge in [0.25, 0.3) is 0 Å². The lowest BCUT2D eigenvalue weighted by molar-refractivity contribution is -0.201. The highest BCUT2D eigenvalue weighted by Gasteiger charge is 2.46. The molecule has 92 valence electrons. The van der Waals surface area contributed by atoms with E-state index in [1.807, 2.05) is 0 Å². The topological polar surface area (TPSA) is 121 Å². The van der Waals surface area contributed by atoms with E-state index < -0.39 is 23.9 Å². The quantitative estimate of drug-likeness (QED) is 0.286. The Morgan fingerprint density at radius 3 is 1.47 bits per heavy atom. The van der Waals surface area contributed by atoms with Crippen molar-refractivity contribution in [2.24, 2.45) is 0 Å². The molecule has 0 aromatic rings. The molecule has 0 aromatic heterocycles. The molecular weight excluding hydrogens is 204 g/mol. The number of rotatable bonds is 7. The van der Waals surface area contributed by atoms with E-state index in [-0.39, 0.29) is 26.1 Å². The van der Waals surface area contributed by atoms with Crippen molar-refractivity contribution >= 4 is 0 Å². The van der Waals surface area contributed by atoms with Crippen LogP contribution in [-0.4, -0.2) is 67.8 Å². The smallest absolute Gasteiger partial charge is 0.142 e. The number of hydrogen-bond acceptors (Lipinski definition) is 6. The van der Waals surface area contributed by atoms with Crippen LogP contribution in [0.15, 0.2) is 0 Å². The Bertz CT molecular complexity index is 160. The normalized spacial score (nSPS) is 21.8. The standard InChI is InChI=1S/C9H20O6/c1-6(12)9(15,7(13)2-4-10)8(14)3-5-11/h6-8,10-15H,2-5H2,1H3. The SMILES string of the molecule is CC(O)C(O)(C(O)CCO)C(O)CCO. The van der Waals surface area contributed by atoms with E-state index in [4.69, 9.17) is 10.2 Å². The van der Waals surface area contributed by atoms with Gasteiger partial charge >= 0.3 is 0 Å². The summed E-state index contributed by atoms with van der Waals surface area (Å²) in [7, 11) is 0. The molecule has 0 aliphatic rings. The molecule has 0 aliphatic carbocycles. The van der Waals surface area contributed by atoms with Gasteiger partial charge in [-0.1, -0.05) is 0 Å². The van der Waals surface area contributed by atoms with Crippen LogP contribution in [0.3, 0.4) is 0 Å². The van der Waals surface area contributed by atoms with Crippen molar-refractivity contribution in [3.63, 3.8) is 0 Å². The molecule has 6 N–H and O–H groups in total. The minimum atomic E-state index is -2.13. The summed E-state index contributed by atoms with van der Waals surface area (Å²) in [6.07, 6.45) is -4.61. The van der Waals surface area contributed by atoms with Gasteiger partial charge in [-0.2, -0.15) is 0 Å². The molecule has 0 aliphatic heterocycles. The first kappa shape index (κ1) is 14.8. The number of aliphatic hydroxyl groups is 6. The van der Waals surface area contributed by atoms with Crippen LogP contribution in [0.5, 0.6) is 0 Å². The van der Waals surface area contributed by atoms with Crippen LogP contribution >= 0.6 is 0 Å². The molecule has 0 saturated carbocycles. The van der Waals surface area contributed by atoms with Crippen molar-refractivity contribution in [1.29, 1.82) is 0 Å². The largest absolute Gasteiger partial charge is 0.396 e. The summed E-state index contributed by atoms with van der Waals surface area (Å²) in [5.74, 6) is 0. The summed E-state index contributed by atoms with van der Waals surface area (Å²) >= 11 is 0. The van der Waals surface area contributed by atoms with Gasteiger partial charge in [0.1, 0.15) is 5.60 Å². The van der Waals surface area contributed by atoms with Crippen LogP contribution < -0.4 is 0 Å². The van der Waals surface area contributed by atoms with Gasteiger partial charge in [-0.3, -0.25) is 0 Å². The average molecular weight is 224 g/mol. The third kappa shape index (κ3) is 3.37. The second-order valence-electron chi connectivity index (χ2n) is 3.62. The van der Waals surface area contributed by atoms with Gasteiger partial charge in [0.2, 0.25) is 0 Å². The van der Waals surface area contributed by atoms with E-state index in [1.165, 1.54) is 6.92 Å². The van der Waals surface area contributed by atoms with Crippen molar-refractivity contribution in [1.82, 2.24) is 0 Å². The predicted octanol–water partition coefficient (Wildman–Crippen LogP) is -2.42. The van der Waals surface area contributed by atoms with Crippen LogP contribution in [0.25, 0.3) is 0 Å². The summed E-state index contributed by atoms with van der Waals surface area (Å²) < 4.78 is 0. The van der Waals surface area contributed by atoms with E-state index >= 15 is 0 Å². The Hall–Kier alpha value is -0.240. The van der Waals surface area contributed by atoms with Crippen LogP contribution in [0, 0.1) is 0 Å². The first-order chi connectivity index (χ1) is 6.91. The maximum atomic E-state index is 9.92. The van der Waals surface area contributed by atoms with Gasteiger partial charge < -0.3 is 30.6 Å². The Morgan fingerprint density at radius 1 is 0.933 bits per heavy atom. The Morgan fingerprint density at radius 2 is 1.27 bits per heavy atom. The van der Waals surface area contributed by atoms with Crippen molar-refractivity contribution < 1.29 is 30.6 Å². The lowest BCUT2D eigenvalue weighted by Gasteiger charge is -2.39. The molecule has 0 rings (SSSR count). The highest BCUT2D eigenvalue weighted by molar-refractivity contribution is 4.97. The van der Waals surface area contributed by atoms with E-state index in [9.17, 15) is 20.4 Å². The predicted molar refractivity (Wildman–Crippen MR) is 52.0 cm³/mol. The highest BCUT2D eigenvalue weighted by Crippen LogP contribution is 2.24. The van der Waals surface area contributed by atoms with Crippen LogP contribution in [0.4, 0.5) is 0 Å². The molecule has 6 nitrogen and oxygen atoms in total. The molecule has 0 saturated heterocycles. The van der Waals surface area contributed by atoms with Crippen LogP contribution in [0.2, 0.25) is 0 Å². The van der Waals surface area contributed by atoms with Crippen molar-refractivity contribution in [3.05, 3.63) is 0 Å². The number of hydrogen-bond donors (Lipinski definition) is 6. The van der Waals surface area contributed by atoms with Gasteiger partial charge in [-0.25, -0.2) is 0 Å². The van der Waals surface area contributed by atoms with Gasteiger partial charge in [0, 0.05) is 13.2 Å². The van der Waals surface area contributed by atoms with E-state index in [2.05, 4.69) is 0 Å². The van der Waals surface area contributed by atoms with E-state index in [0.717, 1.165) is 0 Å². The van der Waals surface area contributed by atoms with Crippen molar-refractivity contribution in [2.75, 3.05) is 13.2 Å². The van der Waals surface area contributed by atoms with Gasteiger partial charge in [-0.05, 0) is 19.8 Å². The lowest BCUT2D eigenvalue weighted by atomic mass is 9.82.